The van der Waals surface area contributed by atoms with Crippen LogP contribution in [0.4, 0.5) is 23.2 Å². The highest BCUT2D eigenvalue weighted by molar-refractivity contribution is 6.35. The Bertz CT molecular complexity index is 1400. The van der Waals surface area contributed by atoms with Crippen LogP contribution in [0.25, 0.3) is 11.6 Å². The van der Waals surface area contributed by atoms with E-state index in [2.05, 4.69) is 4.90 Å². The third-order valence-corrected chi connectivity index (χ3v) is 6.67. The van der Waals surface area contributed by atoms with Gasteiger partial charge in [0, 0.05) is 37.3 Å². The van der Waals surface area contributed by atoms with Crippen molar-refractivity contribution in [2.45, 2.75) is 6.18 Å². The van der Waals surface area contributed by atoms with Crippen LogP contribution in [-0.4, -0.2) is 57.3 Å². The van der Waals surface area contributed by atoms with Crippen molar-refractivity contribution < 1.29 is 36.6 Å². The molecular formula is C29H26F4N2O4. The second-order valence-electron chi connectivity index (χ2n) is 9.14. The highest BCUT2D eigenvalue weighted by atomic mass is 19.4. The van der Waals surface area contributed by atoms with E-state index in [4.69, 9.17) is 14.2 Å². The maximum absolute atomic E-state index is 14.2. The number of methoxy groups -OCH3 is 1. The quantitative estimate of drug-likeness (QED) is 0.276. The summed E-state index contributed by atoms with van der Waals surface area (Å²) in [6.07, 6.45) is -2.97. The third kappa shape index (κ3) is 5.76. The number of halogens is 4. The monoisotopic (exact) mass is 542 g/mol. The van der Waals surface area contributed by atoms with Crippen LogP contribution >= 0.6 is 0 Å². The molecule has 204 valence electrons. The lowest BCUT2D eigenvalue weighted by Crippen LogP contribution is -2.42. The van der Waals surface area contributed by atoms with Crippen molar-refractivity contribution in [2.24, 2.45) is 0 Å². The number of anilines is 1. The fraction of sp³-hybridized carbons (Fsp3) is 0.276. The lowest BCUT2D eigenvalue weighted by atomic mass is 10.0. The lowest BCUT2D eigenvalue weighted by molar-refractivity contribution is -0.138. The number of carbonyl (C=O) groups is 1. The topological polar surface area (TPSA) is 51.2 Å². The molecule has 6 nitrogen and oxygen atoms in total. The Morgan fingerprint density at radius 1 is 0.949 bits per heavy atom. The molecule has 3 aromatic carbocycles. The first-order valence-corrected chi connectivity index (χ1v) is 12.4. The van der Waals surface area contributed by atoms with E-state index in [1.807, 2.05) is 0 Å². The Balaban J connectivity index is 1.43. The lowest BCUT2D eigenvalue weighted by Gasteiger charge is -2.28. The summed E-state index contributed by atoms with van der Waals surface area (Å²) in [5.74, 6) is -0.835. The fourth-order valence-corrected chi connectivity index (χ4v) is 4.69. The standard InChI is InChI=1S/C29H26F4N2O4/c1-37-27-17-19(6-9-26(27)39-25-5-3-2-4-23(25)29(31,32)33)16-22-21-18-20(30)7-8-24(21)35(28(22)36)11-10-34-12-14-38-15-13-34/h2-9,16-18H,10-15H2,1H3. The van der Waals surface area contributed by atoms with Crippen LogP contribution in [-0.2, 0) is 15.7 Å². The number of rotatable bonds is 7. The highest BCUT2D eigenvalue weighted by Crippen LogP contribution is 2.42. The SMILES string of the molecule is COc1cc(C=C2C(=O)N(CCN3CCOCC3)c3ccc(F)cc32)ccc1Oc1ccccc1C(F)(F)F. The molecular weight excluding hydrogens is 516 g/mol. The molecule has 1 fully saturated rings. The smallest absolute Gasteiger partial charge is 0.419 e. The maximum Gasteiger partial charge on any atom is 0.419 e. The number of hydrogen-bond donors (Lipinski definition) is 0. The number of benzene rings is 3. The summed E-state index contributed by atoms with van der Waals surface area (Å²) in [5.41, 5.74) is 1.03. The first-order chi connectivity index (χ1) is 18.7. The van der Waals surface area contributed by atoms with E-state index < -0.39 is 17.6 Å². The Kier molecular flexibility index (Phi) is 7.58. The molecule has 0 unspecified atom stereocenters. The number of nitrogens with zero attached hydrogens (tertiary/aromatic N) is 2. The van der Waals surface area contributed by atoms with Crippen LogP contribution in [0.5, 0.6) is 17.2 Å². The zero-order valence-corrected chi connectivity index (χ0v) is 21.1. The first-order valence-electron chi connectivity index (χ1n) is 12.4. The van der Waals surface area contributed by atoms with Crippen LogP contribution in [0, 0.1) is 5.82 Å². The number of alkyl halides is 3. The van der Waals surface area contributed by atoms with E-state index in [1.54, 1.807) is 29.2 Å². The Morgan fingerprint density at radius 3 is 2.46 bits per heavy atom. The maximum atomic E-state index is 14.2. The predicted octanol–water partition coefficient (Wildman–Crippen LogP) is 5.86. The zero-order chi connectivity index (χ0) is 27.6. The van der Waals surface area contributed by atoms with Gasteiger partial charge in [0.1, 0.15) is 11.6 Å². The first kappa shape index (κ1) is 26.7. The molecule has 5 rings (SSSR count). The molecule has 2 heterocycles. The van der Waals surface area contributed by atoms with E-state index >= 15 is 0 Å². The van der Waals surface area contributed by atoms with Crippen LogP contribution in [0.3, 0.4) is 0 Å². The van der Waals surface area contributed by atoms with Gasteiger partial charge in [-0.1, -0.05) is 18.2 Å². The number of fused-ring (bicyclic) bond motifs is 1. The number of para-hydroxylation sites is 1. The van der Waals surface area contributed by atoms with Gasteiger partial charge in [-0.3, -0.25) is 9.69 Å². The Morgan fingerprint density at radius 2 is 1.72 bits per heavy atom. The Labute approximate surface area is 223 Å². The van der Waals surface area contributed by atoms with E-state index in [-0.39, 0.29) is 23.2 Å². The van der Waals surface area contributed by atoms with Crippen LogP contribution in [0.2, 0.25) is 0 Å². The van der Waals surface area contributed by atoms with Crippen molar-refractivity contribution in [2.75, 3.05) is 51.4 Å². The summed E-state index contributed by atoms with van der Waals surface area (Å²) in [4.78, 5) is 17.3. The minimum atomic E-state index is -4.59. The molecule has 0 N–H and O–H groups in total. The molecule has 0 saturated carbocycles. The van der Waals surface area contributed by atoms with Crippen LogP contribution < -0.4 is 14.4 Å². The van der Waals surface area contributed by atoms with Crippen LogP contribution in [0.1, 0.15) is 16.7 Å². The third-order valence-electron chi connectivity index (χ3n) is 6.67. The average molecular weight is 543 g/mol. The summed E-state index contributed by atoms with van der Waals surface area (Å²) >= 11 is 0. The molecule has 0 radical (unpaired) electrons. The number of carbonyl (C=O) groups excluding carboxylic acids is 1. The summed E-state index contributed by atoms with van der Waals surface area (Å²) in [6, 6.07) is 13.8. The molecule has 3 aromatic rings. The minimum absolute atomic E-state index is 0.0766. The molecule has 0 spiro atoms. The van der Waals surface area contributed by atoms with E-state index in [0.29, 0.717) is 48.7 Å². The van der Waals surface area contributed by atoms with Crippen molar-refractivity contribution in [3.63, 3.8) is 0 Å². The van der Waals surface area contributed by atoms with Crippen molar-refractivity contribution >= 4 is 23.2 Å². The van der Waals surface area contributed by atoms with Crippen molar-refractivity contribution in [3.05, 3.63) is 83.2 Å². The largest absolute Gasteiger partial charge is 0.493 e. The van der Waals surface area contributed by atoms with E-state index in [1.165, 1.54) is 43.5 Å². The number of morpholine rings is 1. The molecule has 0 aliphatic carbocycles. The molecule has 2 aliphatic rings. The summed E-state index contributed by atoms with van der Waals surface area (Å²) in [6.45, 7) is 3.93. The molecule has 2 aliphatic heterocycles. The summed E-state index contributed by atoms with van der Waals surface area (Å²) in [7, 11) is 1.37. The summed E-state index contributed by atoms with van der Waals surface area (Å²) < 4.78 is 70.8. The van der Waals surface area contributed by atoms with Gasteiger partial charge in [0.15, 0.2) is 11.5 Å². The Hall–Kier alpha value is -3.89. The van der Waals surface area contributed by atoms with Crippen molar-refractivity contribution in [1.29, 1.82) is 0 Å². The van der Waals surface area contributed by atoms with Gasteiger partial charge in [0.05, 0.1) is 31.6 Å². The van der Waals surface area contributed by atoms with Gasteiger partial charge in [0.25, 0.3) is 5.91 Å². The molecule has 1 amide bonds. The van der Waals surface area contributed by atoms with Crippen LogP contribution in [0.15, 0.2) is 60.7 Å². The second-order valence-corrected chi connectivity index (χ2v) is 9.14. The van der Waals surface area contributed by atoms with Gasteiger partial charge >= 0.3 is 6.18 Å². The highest BCUT2D eigenvalue weighted by Gasteiger charge is 2.35. The molecule has 0 bridgehead atoms. The number of amides is 1. The molecule has 1 saturated heterocycles. The normalized spacial score (nSPS) is 17.0. The fourth-order valence-electron chi connectivity index (χ4n) is 4.69. The molecule has 10 heteroatoms. The predicted molar refractivity (Wildman–Crippen MR) is 138 cm³/mol. The van der Waals surface area contributed by atoms with Gasteiger partial charge in [0.2, 0.25) is 0 Å². The van der Waals surface area contributed by atoms with Crippen molar-refractivity contribution in [3.8, 4) is 17.2 Å². The second kappa shape index (κ2) is 11.1. The van der Waals surface area contributed by atoms with Gasteiger partial charge < -0.3 is 19.1 Å². The van der Waals surface area contributed by atoms with Gasteiger partial charge in [-0.2, -0.15) is 13.2 Å². The molecule has 0 aromatic heterocycles. The van der Waals surface area contributed by atoms with Crippen molar-refractivity contribution in [1.82, 2.24) is 4.90 Å². The molecule has 39 heavy (non-hydrogen) atoms. The minimum Gasteiger partial charge on any atom is -0.493 e. The number of ether oxygens (including phenoxy) is 3. The molecule has 0 atom stereocenters. The van der Waals surface area contributed by atoms with Gasteiger partial charge in [-0.25, -0.2) is 4.39 Å². The van der Waals surface area contributed by atoms with Gasteiger partial charge in [-0.15, -0.1) is 0 Å². The average Bonchev–Trinajstić information content (AvgIpc) is 3.18. The summed E-state index contributed by atoms with van der Waals surface area (Å²) in [5, 5.41) is 0. The van der Waals surface area contributed by atoms with E-state index in [9.17, 15) is 22.4 Å². The zero-order valence-electron chi connectivity index (χ0n) is 21.1. The number of hydrogen-bond acceptors (Lipinski definition) is 5. The van der Waals surface area contributed by atoms with Gasteiger partial charge in [-0.05, 0) is 54.1 Å². The van der Waals surface area contributed by atoms with E-state index in [0.717, 1.165) is 19.2 Å².